The van der Waals surface area contributed by atoms with Crippen molar-refractivity contribution < 1.29 is 48.8 Å². The molecule has 2 unspecified atom stereocenters. The number of aliphatic hydroxyl groups is 1. The number of benzene rings is 1. The second-order valence-corrected chi connectivity index (χ2v) is 9.53. The summed E-state index contributed by atoms with van der Waals surface area (Å²) in [6.45, 7) is 1.96. The quantitative estimate of drug-likeness (QED) is 0.216. The van der Waals surface area contributed by atoms with E-state index in [1.165, 1.54) is 12.1 Å². The molecule has 14 nitrogen and oxygen atoms in total. The average Bonchev–Trinajstić information content (AvgIpc) is 2.82. The summed E-state index contributed by atoms with van der Waals surface area (Å²) in [5.41, 5.74) is 0.238. The van der Waals surface area contributed by atoms with E-state index in [1.807, 2.05) is 4.90 Å². The van der Waals surface area contributed by atoms with E-state index in [0.29, 0.717) is 52.4 Å². The summed E-state index contributed by atoms with van der Waals surface area (Å²) in [5, 5.41) is 39.0. The number of aliphatic carboxylic acids is 2. The summed E-state index contributed by atoms with van der Waals surface area (Å²) in [5.74, 6) is -3.21. The number of carbonyl (C=O) groups is 3. The fourth-order valence-electron chi connectivity index (χ4n) is 4.06. The molecule has 1 aromatic rings. The molecule has 0 spiro atoms. The minimum absolute atomic E-state index is 0.0166. The van der Waals surface area contributed by atoms with Crippen molar-refractivity contribution in [3.8, 4) is 0 Å². The standard InChI is InChI=1S/C22H35N4O10P/c27-19(17-3-1-2-4-18(17)22(32)33)13-23-5-7-24(14-20(28)29)9-11-26(16-36-37(34)35)12-10-25(8-6-23)15-21(30)31/h1-4,19,27,37H,5-16H2,(H,28,29)(H,30,31)(H,32,33)(H,34,35). The van der Waals surface area contributed by atoms with Crippen LogP contribution in [0.4, 0.5) is 0 Å². The Kier molecular flexibility index (Phi) is 13.1. The summed E-state index contributed by atoms with van der Waals surface area (Å²) in [6.07, 6.45) is -1.13. The monoisotopic (exact) mass is 546 g/mol. The molecule has 0 aromatic heterocycles. The predicted molar refractivity (Wildman–Crippen MR) is 132 cm³/mol. The molecule has 5 N–H and O–H groups in total. The molecule has 0 aliphatic carbocycles. The average molecular weight is 547 g/mol. The molecule has 0 saturated carbocycles. The molecule has 1 aromatic carbocycles. The molecular formula is C22H35N4O10P. The third-order valence-electron chi connectivity index (χ3n) is 6.00. The van der Waals surface area contributed by atoms with Crippen LogP contribution < -0.4 is 0 Å². The van der Waals surface area contributed by atoms with Crippen molar-refractivity contribution in [3.63, 3.8) is 0 Å². The van der Waals surface area contributed by atoms with E-state index < -0.39 is 32.3 Å². The van der Waals surface area contributed by atoms with E-state index in [9.17, 15) is 39.4 Å². The molecule has 0 radical (unpaired) electrons. The summed E-state index contributed by atoms with van der Waals surface area (Å²) in [6, 6.07) is 6.14. The van der Waals surface area contributed by atoms with Gasteiger partial charge in [-0.1, -0.05) is 18.2 Å². The van der Waals surface area contributed by atoms with Crippen LogP contribution in [-0.2, 0) is 18.7 Å². The maximum atomic E-state index is 11.6. The highest BCUT2D eigenvalue weighted by Crippen LogP contribution is 2.20. The van der Waals surface area contributed by atoms with Crippen molar-refractivity contribution in [1.29, 1.82) is 0 Å². The summed E-state index contributed by atoms with van der Waals surface area (Å²) in [4.78, 5) is 50.4. The third-order valence-corrected chi connectivity index (χ3v) is 6.38. The lowest BCUT2D eigenvalue weighted by Crippen LogP contribution is -2.48. The largest absolute Gasteiger partial charge is 0.480 e. The first-order chi connectivity index (χ1) is 17.5. The van der Waals surface area contributed by atoms with Crippen molar-refractivity contribution in [2.75, 3.05) is 78.7 Å². The predicted octanol–water partition coefficient (Wildman–Crippen LogP) is -0.835. The fourth-order valence-corrected chi connectivity index (χ4v) is 4.35. The smallest absolute Gasteiger partial charge is 0.336 e. The Morgan fingerprint density at radius 3 is 1.73 bits per heavy atom. The molecule has 0 bridgehead atoms. The Morgan fingerprint density at radius 1 is 0.811 bits per heavy atom. The lowest BCUT2D eigenvalue weighted by molar-refractivity contribution is -0.139. The van der Waals surface area contributed by atoms with Crippen LogP contribution in [0.1, 0.15) is 22.0 Å². The molecule has 15 heteroatoms. The minimum Gasteiger partial charge on any atom is -0.480 e. The molecule has 1 fully saturated rings. The number of nitrogens with zero attached hydrogens (tertiary/aromatic N) is 4. The van der Waals surface area contributed by atoms with Crippen LogP contribution in [0.5, 0.6) is 0 Å². The van der Waals surface area contributed by atoms with Gasteiger partial charge >= 0.3 is 26.2 Å². The Bertz CT molecular complexity index is 904. The van der Waals surface area contributed by atoms with Crippen molar-refractivity contribution in [1.82, 2.24) is 19.6 Å². The van der Waals surface area contributed by atoms with Gasteiger partial charge in [0, 0.05) is 58.9 Å². The van der Waals surface area contributed by atoms with E-state index in [2.05, 4.69) is 0 Å². The lowest BCUT2D eigenvalue weighted by Gasteiger charge is -2.34. The molecule has 208 valence electrons. The van der Waals surface area contributed by atoms with Crippen LogP contribution >= 0.6 is 8.25 Å². The molecule has 0 amide bonds. The van der Waals surface area contributed by atoms with E-state index in [-0.39, 0.29) is 37.5 Å². The zero-order valence-corrected chi connectivity index (χ0v) is 21.4. The summed E-state index contributed by atoms with van der Waals surface area (Å²) < 4.78 is 15.9. The maximum absolute atomic E-state index is 11.6. The number of rotatable bonds is 11. The Morgan fingerprint density at radius 2 is 1.27 bits per heavy atom. The highest BCUT2D eigenvalue weighted by molar-refractivity contribution is 7.32. The fraction of sp³-hybridized carbons (Fsp3) is 0.591. The SMILES string of the molecule is O=C(O)CN1CCN(CO[PH](=O)O)CCN(CC(=O)O)CCN(CC(O)c2ccccc2C(=O)O)CC1. The zero-order valence-electron chi connectivity index (χ0n) is 20.4. The minimum atomic E-state index is -3.17. The number of β-amino-alcohol motifs (C(OH)–C–C–N with tert-alkyl or cyclic N) is 1. The first kappa shape index (κ1) is 30.8. The lowest BCUT2D eigenvalue weighted by atomic mass is 10.0. The number of carboxylic acid groups (broad SMARTS) is 3. The van der Waals surface area contributed by atoms with Gasteiger partial charge in [-0.15, -0.1) is 0 Å². The van der Waals surface area contributed by atoms with Gasteiger partial charge in [-0.05, 0) is 11.6 Å². The van der Waals surface area contributed by atoms with Crippen LogP contribution in [0.15, 0.2) is 24.3 Å². The highest BCUT2D eigenvalue weighted by Gasteiger charge is 2.23. The molecular weight excluding hydrogens is 511 g/mol. The molecule has 1 heterocycles. The molecule has 2 rings (SSSR count). The van der Waals surface area contributed by atoms with Crippen LogP contribution in [0.3, 0.4) is 0 Å². The second-order valence-electron chi connectivity index (χ2n) is 8.71. The number of hydrogen-bond acceptors (Lipinski definition) is 10. The van der Waals surface area contributed by atoms with Gasteiger partial charge in [-0.3, -0.25) is 38.3 Å². The van der Waals surface area contributed by atoms with Crippen molar-refractivity contribution in [2.45, 2.75) is 6.10 Å². The first-order valence-electron chi connectivity index (χ1n) is 11.7. The van der Waals surface area contributed by atoms with Gasteiger partial charge in [-0.2, -0.15) is 0 Å². The van der Waals surface area contributed by atoms with Crippen LogP contribution in [0, 0.1) is 0 Å². The van der Waals surface area contributed by atoms with E-state index in [0.717, 1.165) is 0 Å². The number of aliphatic hydroxyl groups excluding tert-OH is 1. The van der Waals surface area contributed by atoms with E-state index >= 15 is 0 Å². The molecule has 1 aliphatic heterocycles. The maximum Gasteiger partial charge on any atom is 0.336 e. The molecule has 1 aliphatic rings. The van der Waals surface area contributed by atoms with Crippen LogP contribution in [-0.4, -0.2) is 142 Å². The second kappa shape index (κ2) is 15.7. The first-order valence-corrected chi connectivity index (χ1v) is 13.0. The molecule has 2 atom stereocenters. The van der Waals surface area contributed by atoms with Crippen LogP contribution in [0.25, 0.3) is 0 Å². The van der Waals surface area contributed by atoms with E-state index in [4.69, 9.17) is 9.42 Å². The Hall–Kier alpha value is -2.42. The normalized spacial score (nSPS) is 19.4. The number of hydrogen-bond donors (Lipinski definition) is 5. The van der Waals surface area contributed by atoms with Gasteiger partial charge in [-0.25, -0.2) is 4.79 Å². The van der Waals surface area contributed by atoms with Gasteiger partial charge in [0.15, 0.2) is 0 Å². The van der Waals surface area contributed by atoms with Gasteiger partial charge in [0.2, 0.25) is 0 Å². The summed E-state index contributed by atoms with van der Waals surface area (Å²) in [7, 11) is -3.17. The van der Waals surface area contributed by atoms with Crippen molar-refractivity contribution >= 4 is 26.2 Å². The summed E-state index contributed by atoms with van der Waals surface area (Å²) >= 11 is 0. The number of carboxylic acids is 3. The Labute approximate surface area is 215 Å². The topological polar surface area (TPSA) is 192 Å². The van der Waals surface area contributed by atoms with Crippen molar-refractivity contribution in [3.05, 3.63) is 35.4 Å². The third kappa shape index (κ3) is 11.7. The molecule has 37 heavy (non-hydrogen) atoms. The number of aromatic carboxylic acids is 1. The van der Waals surface area contributed by atoms with Gasteiger partial charge in [0.1, 0.15) is 6.73 Å². The van der Waals surface area contributed by atoms with Gasteiger partial charge < -0.3 is 25.3 Å². The van der Waals surface area contributed by atoms with Gasteiger partial charge in [0.25, 0.3) is 0 Å². The molecule has 1 saturated heterocycles. The van der Waals surface area contributed by atoms with Crippen molar-refractivity contribution in [2.24, 2.45) is 0 Å². The highest BCUT2D eigenvalue weighted by atomic mass is 31.1. The van der Waals surface area contributed by atoms with E-state index in [1.54, 1.807) is 26.8 Å². The van der Waals surface area contributed by atoms with Crippen LogP contribution in [0.2, 0.25) is 0 Å². The zero-order chi connectivity index (χ0) is 27.4. The Balaban J connectivity index is 2.21. The van der Waals surface area contributed by atoms with Gasteiger partial charge in [0.05, 0.1) is 24.8 Å².